The number of sulfonamides is 1. The molecule has 1 aromatic heterocycles. The third kappa shape index (κ3) is 3.34. The monoisotopic (exact) mass is 349 g/mol. The lowest BCUT2D eigenvalue weighted by atomic mass is 10.5. The SMILES string of the molecule is C=CCN(CC=C)S(=O)(=O)c1cc(C(=O)O)oc1Br. The third-order valence-corrected chi connectivity index (χ3v) is 4.84. The number of hydrogen-bond acceptors (Lipinski definition) is 4. The van der Waals surface area contributed by atoms with Crippen LogP contribution in [-0.2, 0) is 10.0 Å². The molecule has 8 heteroatoms. The molecule has 0 atom stereocenters. The van der Waals surface area contributed by atoms with Gasteiger partial charge in [-0.2, -0.15) is 4.31 Å². The number of aromatic carboxylic acids is 1. The molecule has 0 bridgehead atoms. The van der Waals surface area contributed by atoms with Gasteiger partial charge in [-0.25, -0.2) is 13.2 Å². The minimum atomic E-state index is -3.88. The van der Waals surface area contributed by atoms with Crippen LogP contribution in [0.25, 0.3) is 0 Å². The zero-order valence-corrected chi connectivity index (χ0v) is 12.3. The number of hydrogen-bond donors (Lipinski definition) is 1. The Kier molecular flexibility index (Phi) is 5.10. The lowest BCUT2D eigenvalue weighted by Gasteiger charge is -2.17. The van der Waals surface area contributed by atoms with E-state index in [1.165, 1.54) is 12.2 Å². The molecule has 0 saturated carbocycles. The van der Waals surface area contributed by atoms with Crippen molar-refractivity contribution in [1.29, 1.82) is 0 Å². The molecule has 1 rings (SSSR count). The Bertz CT molecular complexity index is 595. The maximum Gasteiger partial charge on any atom is 0.371 e. The number of carboxylic acids is 1. The molecule has 0 fully saturated rings. The van der Waals surface area contributed by atoms with Gasteiger partial charge in [0.1, 0.15) is 4.90 Å². The first-order valence-corrected chi connectivity index (χ1v) is 7.32. The molecule has 0 amide bonds. The first kappa shape index (κ1) is 15.7. The van der Waals surface area contributed by atoms with E-state index in [0.29, 0.717) is 0 Å². The molecule has 0 unspecified atom stereocenters. The average Bonchev–Trinajstić information content (AvgIpc) is 2.72. The summed E-state index contributed by atoms with van der Waals surface area (Å²) in [6, 6.07) is 0.959. The standard InChI is InChI=1S/C11H12BrNO5S/c1-3-5-13(6-4-2)19(16,17)9-7-8(11(14)15)18-10(9)12/h3-4,7H,1-2,5-6H2,(H,14,15). The Morgan fingerprint density at radius 3 is 2.32 bits per heavy atom. The van der Waals surface area contributed by atoms with Crippen molar-refractivity contribution < 1.29 is 22.7 Å². The maximum atomic E-state index is 12.3. The van der Waals surface area contributed by atoms with E-state index in [4.69, 9.17) is 9.52 Å². The number of furan rings is 1. The fourth-order valence-corrected chi connectivity index (χ4v) is 3.62. The van der Waals surface area contributed by atoms with Crippen LogP contribution in [0.2, 0.25) is 0 Å². The van der Waals surface area contributed by atoms with Crippen LogP contribution in [0.1, 0.15) is 10.6 Å². The molecule has 1 N–H and O–H groups in total. The zero-order chi connectivity index (χ0) is 14.6. The molecule has 6 nitrogen and oxygen atoms in total. The summed E-state index contributed by atoms with van der Waals surface area (Å²) in [7, 11) is -3.88. The van der Waals surface area contributed by atoms with Crippen molar-refractivity contribution in [2.24, 2.45) is 0 Å². The molecule has 1 heterocycles. The Labute approximate surface area is 119 Å². The normalized spacial score (nSPS) is 11.5. The second-order valence-corrected chi connectivity index (χ2v) is 6.08. The molecule has 104 valence electrons. The Morgan fingerprint density at radius 2 is 1.95 bits per heavy atom. The van der Waals surface area contributed by atoms with Gasteiger partial charge in [0.2, 0.25) is 15.8 Å². The van der Waals surface area contributed by atoms with E-state index in [2.05, 4.69) is 29.1 Å². The smallest absolute Gasteiger partial charge is 0.371 e. The molecule has 19 heavy (non-hydrogen) atoms. The van der Waals surface area contributed by atoms with Crippen LogP contribution in [0, 0.1) is 0 Å². The summed E-state index contributed by atoms with van der Waals surface area (Å²) in [5.41, 5.74) is 0. The van der Waals surface area contributed by atoms with Crippen LogP contribution >= 0.6 is 15.9 Å². The average molecular weight is 350 g/mol. The summed E-state index contributed by atoms with van der Waals surface area (Å²) in [4.78, 5) is 10.5. The van der Waals surface area contributed by atoms with Gasteiger partial charge in [0.05, 0.1) is 0 Å². The van der Waals surface area contributed by atoms with Gasteiger partial charge in [0.15, 0.2) is 4.67 Å². The maximum absolute atomic E-state index is 12.3. The number of halogens is 1. The Balaban J connectivity index is 3.28. The lowest BCUT2D eigenvalue weighted by Crippen LogP contribution is -2.31. The van der Waals surface area contributed by atoms with Crippen LogP contribution < -0.4 is 0 Å². The molecule has 0 radical (unpaired) electrons. The van der Waals surface area contributed by atoms with Crippen molar-refractivity contribution in [2.45, 2.75) is 4.90 Å². The van der Waals surface area contributed by atoms with Crippen LogP contribution in [0.5, 0.6) is 0 Å². The Hall–Kier alpha value is -1.38. The molecular weight excluding hydrogens is 338 g/mol. The molecule has 0 aliphatic carbocycles. The fraction of sp³-hybridized carbons (Fsp3) is 0.182. The van der Waals surface area contributed by atoms with Crippen molar-refractivity contribution in [3.05, 3.63) is 41.8 Å². The molecule has 0 aromatic carbocycles. The van der Waals surface area contributed by atoms with E-state index in [0.717, 1.165) is 10.4 Å². The summed E-state index contributed by atoms with van der Waals surface area (Å²) in [5.74, 6) is -1.80. The number of carbonyl (C=O) groups is 1. The number of nitrogens with zero attached hydrogens (tertiary/aromatic N) is 1. The van der Waals surface area contributed by atoms with Crippen LogP contribution in [0.4, 0.5) is 0 Å². The van der Waals surface area contributed by atoms with Gasteiger partial charge in [-0.05, 0) is 15.9 Å². The van der Waals surface area contributed by atoms with Gasteiger partial charge in [0, 0.05) is 19.2 Å². The second kappa shape index (κ2) is 6.18. The van der Waals surface area contributed by atoms with Gasteiger partial charge < -0.3 is 9.52 Å². The van der Waals surface area contributed by atoms with E-state index in [1.54, 1.807) is 0 Å². The molecule has 0 saturated heterocycles. The minimum absolute atomic E-state index is 0.0778. The van der Waals surface area contributed by atoms with Gasteiger partial charge in [-0.15, -0.1) is 13.2 Å². The van der Waals surface area contributed by atoms with Gasteiger partial charge in [-0.1, -0.05) is 12.2 Å². The van der Waals surface area contributed by atoms with Gasteiger partial charge in [-0.3, -0.25) is 0 Å². The fourth-order valence-electron chi connectivity index (χ4n) is 1.33. The van der Waals surface area contributed by atoms with E-state index in [1.807, 2.05) is 0 Å². The summed E-state index contributed by atoms with van der Waals surface area (Å²) >= 11 is 2.90. The molecule has 0 spiro atoms. The first-order valence-electron chi connectivity index (χ1n) is 5.09. The van der Waals surface area contributed by atoms with Gasteiger partial charge >= 0.3 is 5.97 Å². The predicted molar refractivity (Wildman–Crippen MR) is 72.5 cm³/mol. The minimum Gasteiger partial charge on any atom is -0.475 e. The molecule has 1 aromatic rings. The van der Waals surface area contributed by atoms with Crippen molar-refractivity contribution in [3.63, 3.8) is 0 Å². The van der Waals surface area contributed by atoms with Crippen LogP contribution in [0.15, 0.2) is 45.4 Å². The van der Waals surface area contributed by atoms with E-state index >= 15 is 0 Å². The Morgan fingerprint density at radius 1 is 1.42 bits per heavy atom. The second-order valence-electron chi connectivity index (χ2n) is 3.45. The number of carboxylic acid groups (broad SMARTS) is 1. The highest BCUT2D eigenvalue weighted by Gasteiger charge is 2.29. The quantitative estimate of drug-likeness (QED) is 0.761. The van der Waals surface area contributed by atoms with E-state index < -0.39 is 21.8 Å². The highest BCUT2D eigenvalue weighted by Crippen LogP contribution is 2.28. The van der Waals surface area contributed by atoms with Crippen molar-refractivity contribution in [3.8, 4) is 0 Å². The van der Waals surface area contributed by atoms with E-state index in [9.17, 15) is 13.2 Å². The summed E-state index contributed by atoms with van der Waals surface area (Å²) in [6.07, 6.45) is 2.85. The van der Waals surface area contributed by atoms with Crippen molar-refractivity contribution in [2.75, 3.05) is 13.1 Å². The summed E-state index contributed by atoms with van der Waals surface area (Å²) in [6.45, 7) is 7.11. The topological polar surface area (TPSA) is 87.8 Å². The predicted octanol–water partition coefficient (Wildman–Crippen LogP) is 2.10. The molecule has 0 aliphatic heterocycles. The zero-order valence-electron chi connectivity index (χ0n) is 9.87. The van der Waals surface area contributed by atoms with Crippen LogP contribution in [-0.4, -0.2) is 36.9 Å². The molecule has 0 aliphatic rings. The molecular formula is C11H12BrNO5S. The summed E-state index contributed by atoms with van der Waals surface area (Å²) < 4.78 is 30.4. The van der Waals surface area contributed by atoms with Crippen molar-refractivity contribution in [1.82, 2.24) is 4.31 Å². The number of rotatable bonds is 7. The summed E-state index contributed by atoms with van der Waals surface area (Å²) in [5, 5.41) is 8.78. The largest absolute Gasteiger partial charge is 0.475 e. The highest BCUT2D eigenvalue weighted by molar-refractivity contribution is 9.10. The first-order chi connectivity index (χ1) is 8.84. The van der Waals surface area contributed by atoms with Crippen molar-refractivity contribution >= 4 is 31.9 Å². The van der Waals surface area contributed by atoms with Gasteiger partial charge in [0.25, 0.3) is 0 Å². The highest BCUT2D eigenvalue weighted by atomic mass is 79.9. The lowest BCUT2D eigenvalue weighted by molar-refractivity contribution is 0.0661. The third-order valence-electron chi connectivity index (χ3n) is 2.15. The van der Waals surface area contributed by atoms with E-state index in [-0.39, 0.29) is 22.7 Å². The van der Waals surface area contributed by atoms with Crippen LogP contribution in [0.3, 0.4) is 0 Å².